The zero-order valence-electron chi connectivity index (χ0n) is 34.6. The van der Waals surface area contributed by atoms with Gasteiger partial charge in [0.15, 0.2) is 0 Å². The van der Waals surface area contributed by atoms with E-state index in [1.165, 1.54) is 17.0 Å². The number of aromatic amines is 1. The van der Waals surface area contributed by atoms with Crippen LogP contribution in [0.25, 0.3) is 10.9 Å². The molecule has 2 N–H and O–H groups in total. The minimum absolute atomic E-state index is 0.0631. The fourth-order valence-electron chi connectivity index (χ4n) is 11.0. The predicted molar refractivity (Wildman–Crippen MR) is 222 cm³/mol. The molecule has 7 heterocycles. The fourth-order valence-corrected chi connectivity index (χ4v) is 11.0. The Morgan fingerprint density at radius 3 is 2.27 bits per heavy atom. The van der Waals surface area contributed by atoms with Gasteiger partial charge in [-0.25, -0.2) is 17.6 Å². The normalized spacial score (nSPS) is 24.0. The highest BCUT2D eigenvalue weighted by atomic mass is 19.3. The van der Waals surface area contributed by atoms with Crippen molar-refractivity contribution in [3.63, 3.8) is 0 Å². The first-order valence-electron chi connectivity index (χ1n) is 21.8. The van der Waals surface area contributed by atoms with Gasteiger partial charge >= 0.3 is 0 Å². The number of fused-ring (bicyclic) bond motifs is 5. The standard InChI is InChI=1S/C46H50F4N8O4/c1-26-16-34-32-4-2-3-5-37(32)51-43(34)44(57(26)24-39(49)50)42-35(47)19-31(20-36(42)48)54-10-8-30(9-11-54)55-12-14-56(15-13-55)41(60)25-53-21-27-17-29-23-58(38-6-7-40(59)52-45(38)61)46(62)33(29)18-28(27)22-53/h2-5,17-20,26,30,38-39,44,51H,6-16,21-25H2,1H3,(H,52,59,61)/t26-,38?,44-/m1/s1. The number of H-pyrrole nitrogens is 1. The molecule has 0 bridgehead atoms. The third-order valence-corrected chi connectivity index (χ3v) is 14.2. The van der Waals surface area contributed by atoms with Crippen LogP contribution in [0.15, 0.2) is 48.5 Å². The van der Waals surface area contributed by atoms with Gasteiger partial charge in [-0.3, -0.25) is 39.2 Å². The van der Waals surface area contributed by atoms with Crippen LogP contribution in [-0.2, 0) is 40.4 Å². The number of nitrogens with one attached hydrogen (secondary N) is 2. The number of amides is 4. The highest BCUT2D eigenvalue weighted by Gasteiger charge is 2.42. The number of aromatic nitrogens is 1. The molecule has 12 nitrogen and oxygen atoms in total. The molecule has 6 aliphatic heterocycles. The lowest BCUT2D eigenvalue weighted by atomic mass is 9.88. The number of carbonyl (C=O) groups excluding carboxylic acids is 4. The van der Waals surface area contributed by atoms with Gasteiger partial charge in [0.25, 0.3) is 12.3 Å². The zero-order chi connectivity index (χ0) is 43.0. The molecule has 3 atom stereocenters. The number of piperazine rings is 1. The lowest BCUT2D eigenvalue weighted by Gasteiger charge is -2.43. The third-order valence-electron chi connectivity index (χ3n) is 14.2. The highest BCUT2D eigenvalue weighted by Crippen LogP contribution is 2.44. The maximum absolute atomic E-state index is 16.3. The molecular formula is C46H50F4N8O4. The Morgan fingerprint density at radius 2 is 1.56 bits per heavy atom. The SMILES string of the molecule is C[C@@H]1Cc2c([nH]c3ccccc23)[C@@H](c2c(F)cc(N3CCC(N4CCN(C(=O)CN5Cc6cc7c(cc6C5)C(=O)N(C5CCC(=O)NC5=O)C7)CC4)CC3)cc2F)N1CC(F)F. The first-order chi connectivity index (χ1) is 29.9. The minimum atomic E-state index is -2.67. The van der Waals surface area contributed by atoms with Crippen molar-refractivity contribution in [3.8, 4) is 0 Å². The van der Waals surface area contributed by atoms with Crippen molar-refractivity contribution in [2.24, 2.45) is 0 Å². The number of rotatable bonds is 8. The summed E-state index contributed by atoms with van der Waals surface area (Å²) in [6.45, 7) is 6.86. The van der Waals surface area contributed by atoms with E-state index in [-0.39, 0.29) is 48.3 Å². The molecule has 10 rings (SSSR count). The Kier molecular flexibility index (Phi) is 10.6. The summed E-state index contributed by atoms with van der Waals surface area (Å²) in [5, 5.41) is 3.28. The first-order valence-corrected chi connectivity index (χ1v) is 21.8. The monoisotopic (exact) mass is 854 g/mol. The number of halogens is 4. The summed E-state index contributed by atoms with van der Waals surface area (Å²) in [4.78, 5) is 65.7. The smallest absolute Gasteiger partial charge is 0.255 e. The molecule has 16 heteroatoms. The molecule has 0 saturated carbocycles. The van der Waals surface area contributed by atoms with Crippen LogP contribution in [0.3, 0.4) is 0 Å². The van der Waals surface area contributed by atoms with Gasteiger partial charge in [0.05, 0.1) is 19.1 Å². The molecule has 1 aromatic heterocycles. The zero-order valence-corrected chi connectivity index (χ0v) is 34.6. The van der Waals surface area contributed by atoms with E-state index in [0.29, 0.717) is 75.6 Å². The lowest BCUT2D eigenvalue weighted by molar-refractivity contribution is -0.137. The number of hydrogen-bond donors (Lipinski definition) is 2. The molecule has 0 radical (unpaired) electrons. The van der Waals surface area contributed by atoms with E-state index in [0.717, 1.165) is 59.1 Å². The average Bonchev–Trinajstić information content (AvgIpc) is 3.92. The molecule has 326 valence electrons. The van der Waals surface area contributed by atoms with Gasteiger partial charge in [-0.2, -0.15) is 0 Å². The molecule has 1 unspecified atom stereocenters. The molecule has 3 aromatic carbocycles. The number of hydrogen-bond acceptors (Lipinski definition) is 8. The summed E-state index contributed by atoms with van der Waals surface area (Å²) in [6.07, 6.45) is -0.0653. The number of nitrogens with zero attached hydrogens (tertiary/aromatic N) is 6. The van der Waals surface area contributed by atoms with Crippen LogP contribution in [0.1, 0.15) is 82.5 Å². The molecule has 0 aliphatic carbocycles. The molecule has 4 aromatic rings. The third kappa shape index (κ3) is 7.32. The van der Waals surface area contributed by atoms with Crippen molar-refractivity contribution in [2.45, 2.75) is 89.3 Å². The summed E-state index contributed by atoms with van der Waals surface area (Å²) in [5.74, 6) is -2.39. The summed E-state index contributed by atoms with van der Waals surface area (Å²) < 4.78 is 60.4. The van der Waals surface area contributed by atoms with Gasteiger partial charge < -0.3 is 19.7 Å². The Bertz CT molecular complexity index is 2440. The van der Waals surface area contributed by atoms with Gasteiger partial charge in [0.2, 0.25) is 17.7 Å². The van der Waals surface area contributed by atoms with Crippen LogP contribution >= 0.6 is 0 Å². The Balaban J connectivity index is 0.730. The number of benzene rings is 3. The van der Waals surface area contributed by atoms with Crippen molar-refractivity contribution in [3.05, 3.63) is 99.2 Å². The van der Waals surface area contributed by atoms with Gasteiger partial charge in [0.1, 0.15) is 17.7 Å². The van der Waals surface area contributed by atoms with E-state index in [1.54, 1.807) is 4.90 Å². The van der Waals surface area contributed by atoms with Crippen LogP contribution in [0.2, 0.25) is 0 Å². The number of anilines is 1. The topological polar surface area (TPSA) is 116 Å². The predicted octanol–water partition coefficient (Wildman–Crippen LogP) is 4.94. The molecule has 62 heavy (non-hydrogen) atoms. The van der Waals surface area contributed by atoms with E-state index < -0.39 is 42.6 Å². The summed E-state index contributed by atoms with van der Waals surface area (Å²) in [6, 6.07) is 12.5. The Morgan fingerprint density at radius 1 is 0.855 bits per heavy atom. The number of alkyl halides is 2. The van der Waals surface area contributed by atoms with E-state index >= 15 is 8.78 Å². The first kappa shape index (κ1) is 40.7. The van der Waals surface area contributed by atoms with Gasteiger partial charge in [-0.15, -0.1) is 0 Å². The van der Waals surface area contributed by atoms with E-state index in [4.69, 9.17) is 0 Å². The second-order valence-electron chi connectivity index (χ2n) is 17.9. The van der Waals surface area contributed by atoms with Crippen LogP contribution in [0.5, 0.6) is 0 Å². The number of piperidine rings is 2. The van der Waals surface area contributed by atoms with Crippen molar-refractivity contribution in [1.29, 1.82) is 0 Å². The van der Waals surface area contributed by atoms with Gasteiger partial charge in [-0.05, 0) is 79.1 Å². The van der Waals surface area contributed by atoms with Crippen molar-refractivity contribution in [2.75, 3.05) is 57.3 Å². The second-order valence-corrected chi connectivity index (χ2v) is 17.9. The van der Waals surface area contributed by atoms with Crippen LogP contribution in [0.4, 0.5) is 23.2 Å². The Labute approximate surface area is 356 Å². The largest absolute Gasteiger partial charge is 0.371 e. The molecular weight excluding hydrogens is 805 g/mol. The number of imide groups is 1. The van der Waals surface area contributed by atoms with E-state index in [2.05, 4.69) is 20.1 Å². The molecule has 3 fully saturated rings. The number of para-hydroxylation sites is 1. The lowest BCUT2D eigenvalue weighted by Crippen LogP contribution is -2.55. The van der Waals surface area contributed by atoms with Gasteiger partial charge in [0, 0.05) is 111 Å². The second kappa shape index (κ2) is 16.1. The summed E-state index contributed by atoms with van der Waals surface area (Å²) in [5.41, 5.74) is 6.02. The minimum Gasteiger partial charge on any atom is -0.371 e. The van der Waals surface area contributed by atoms with Gasteiger partial charge in [-0.1, -0.05) is 24.3 Å². The molecule has 0 spiro atoms. The van der Waals surface area contributed by atoms with E-state index in [9.17, 15) is 28.0 Å². The highest BCUT2D eigenvalue weighted by molar-refractivity contribution is 6.05. The van der Waals surface area contributed by atoms with Crippen LogP contribution in [0, 0.1) is 11.6 Å². The van der Waals surface area contributed by atoms with E-state index in [1.807, 2.05) is 53.1 Å². The van der Waals surface area contributed by atoms with Crippen molar-refractivity contribution >= 4 is 40.2 Å². The fraction of sp³-hybridized carbons (Fsp3) is 0.478. The molecule has 3 saturated heterocycles. The molecule has 4 amide bonds. The van der Waals surface area contributed by atoms with Crippen molar-refractivity contribution in [1.82, 2.24) is 34.8 Å². The van der Waals surface area contributed by atoms with Crippen molar-refractivity contribution < 1.29 is 36.7 Å². The molecule has 6 aliphatic rings. The summed E-state index contributed by atoms with van der Waals surface area (Å²) >= 11 is 0. The summed E-state index contributed by atoms with van der Waals surface area (Å²) in [7, 11) is 0. The van der Waals surface area contributed by atoms with Crippen LogP contribution < -0.4 is 10.2 Å². The average molecular weight is 855 g/mol. The maximum Gasteiger partial charge on any atom is 0.255 e. The maximum atomic E-state index is 16.3. The quantitative estimate of drug-likeness (QED) is 0.190. The number of carbonyl (C=O) groups is 4. The van der Waals surface area contributed by atoms with Crippen LogP contribution in [-0.4, -0.2) is 130 Å². The Hall–Kier alpha value is -5.32.